The Morgan fingerprint density at radius 3 is 2.70 bits per heavy atom. The third-order valence-electron chi connectivity index (χ3n) is 4.49. The Hall–Kier alpha value is -1.10. The summed E-state index contributed by atoms with van der Waals surface area (Å²) < 4.78 is 0. The van der Waals surface area contributed by atoms with Crippen LogP contribution in [0.1, 0.15) is 30.9 Å². The first-order valence-corrected chi connectivity index (χ1v) is 8.35. The average molecular weight is 340 g/mol. The maximum absolute atomic E-state index is 12.6. The second-order valence-electron chi connectivity index (χ2n) is 6.29. The quantitative estimate of drug-likeness (QED) is 0.828. The summed E-state index contributed by atoms with van der Waals surface area (Å²) in [5.74, 6) is 0.212. The van der Waals surface area contributed by atoms with Gasteiger partial charge in [0.1, 0.15) is 0 Å². The summed E-state index contributed by atoms with van der Waals surface area (Å²) in [5, 5.41) is 3.39. The van der Waals surface area contributed by atoms with Crippen molar-refractivity contribution in [2.75, 3.05) is 33.2 Å². The van der Waals surface area contributed by atoms with E-state index in [0.29, 0.717) is 19.1 Å². The minimum absolute atomic E-state index is 0. The number of nitrogens with one attached hydrogen (secondary N) is 1. The normalized spacial score (nSPS) is 17.1. The van der Waals surface area contributed by atoms with Crippen LogP contribution in [-0.4, -0.2) is 55.0 Å². The molecule has 1 heterocycles. The molecule has 1 amide bonds. The molecular weight excluding hydrogens is 310 g/mol. The zero-order valence-electron chi connectivity index (χ0n) is 14.5. The molecule has 0 saturated carbocycles. The second-order valence-corrected chi connectivity index (χ2v) is 6.29. The lowest BCUT2D eigenvalue weighted by atomic mass is 10.1. The van der Waals surface area contributed by atoms with E-state index >= 15 is 0 Å². The van der Waals surface area contributed by atoms with E-state index in [1.807, 2.05) is 24.1 Å². The van der Waals surface area contributed by atoms with Crippen molar-refractivity contribution in [2.45, 2.75) is 39.3 Å². The van der Waals surface area contributed by atoms with E-state index in [-0.39, 0.29) is 18.3 Å². The minimum Gasteiger partial charge on any atom is -0.340 e. The molecule has 1 aromatic rings. The van der Waals surface area contributed by atoms with Crippen molar-refractivity contribution < 1.29 is 4.79 Å². The van der Waals surface area contributed by atoms with Crippen molar-refractivity contribution in [2.24, 2.45) is 0 Å². The van der Waals surface area contributed by atoms with Crippen molar-refractivity contribution >= 4 is 18.3 Å². The number of aryl methyl sites for hydroxylation is 1. The third-order valence-corrected chi connectivity index (χ3v) is 4.49. The summed E-state index contributed by atoms with van der Waals surface area (Å²) in [7, 11) is 1.91. The van der Waals surface area contributed by atoms with Crippen molar-refractivity contribution in [1.82, 2.24) is 15.1 Å². The maximum Gasteiger partial charge on any atom is 0.236 e. The highest BCUT2D eigenvalue weighted by Crippen LogP contribution is 2.12. The number of likely N-dealkylation sites (N-methyl/N-ethyl adjacent to an activating group) is 1. The zero-order valence-corrected chi connectivity index (χ0v) is 15.4. The molecule has 0 radical (unpaired) electrons. The van der Waals surface area contributed by atoms with E-state index in [0.717, 1.165) is 32.5 Å². The van der Waals surface area contributed by atoms with Gasteiger partial charge in [0.05, 0.1) is 6.54 Å². The number of carbonyl (C=O) groups is 1. The van der Waals surface area contributed by atoms with Gasteiger partial charge in [0.25, 0.3) is 0 Å². The molecule has 1 N–H and O–H groups in total. The lowest BCUT2D eigenvalue weighted by molar-refractivity contribution is -0.132. The Bertz CT molecular complexity index is 489. The number of nitrogens with zero attached hydrogens (tertiary/aromatic N) is 2. The van der Waals surface area contributed by atoms with Crippen LogP contribution in [0.25, 0.3) is 0 Å². The maximum atomic E-state index is 12.6. The highest BCUT2D eigenvalue weighted by Gasteiger charge is 2.24. The standard InChI is InChI=1S/C18H29N3O.ClH/c1-4-11-21(17-9-10-19-12-17)14-18(22)20(3)13-16-8-6-5-7-15(16)2;/h5-8,17,19H,4,9-14H2,1-3H3;1H. The highest BCUT2D eigenvalue weighted by atomic mass is 35.5. The second kappa shape index (κ2) is 9.91. The van der Waals surface area contributed by atoms with Gasteiger partial charge in [0.15, 0.2) is 0 Å². The van der Waals surface area contributed by atoms with Crippen LogP contribution in [0.3, 0.4) is 0 Å². The van der Waals surface area contributed by atoms with Crippen LogP contribution in [0, 0.1) is 6.92 Å². The molecule has 23 heavy (non-hydrogen) atoms. The molecule has 2 rings (SSSR count). The lowest BCUT2D eigenvalue weighted by Gasteiger charge is -2.29. The fraction of sp³-hybridized carbons (Fsp3) is 0.611. The van der Waals surface area contributed by atoms with Gasteiger partial charge in [-0.05, 0) is 44.0 Å². The molecule has 1 atom stereocenters. The number of halogens is 1. The smallest absolute Gasteiger partial charge is 0.236 e. The molecule has 1 aliphatic heterocycles. The Morgan fingerprint density at radius 1 is 1.35 bits per heavy atom. The van der Waals surface area contributed by atoms with Gasteiger partial charge in [-0.3, -0.25) is 9.69 Å². The Morgan fingerprint density at radius 2 is 2.09 bits per heavy atom. The van der Waals surface area contributed by atoms with Crippen molar-refractivity contribution in [3.05, 3.63) is 35.4 Å². The summed E-state index contributed by atoms with van der Waals surface area (Å²) in [4.78, 5) is 16.8. The first kappa shape index (κ1) is 19.9. The minimum atomic E-state index is 0. The van der Waals surface area contributed by atoms with Crippen LogP contribution in [0.4, 0.5) is 0 Å². The van der Waals surface area contributed by atoms with E-state index in [9.17, 15) is 4.79 Å². The third kappa shape index (κ3) is 5.79. The molecule has 1 unspecified atom stereocenters. The molecule has 1 aliphatic rings. The first-order valence-electron chi connectivity index (χ1n) is 8.35. The number of amides is 1. The van der Waals surface area contributed by atoms with Gasteiger partial charge in [-0.15, -0.1) is 12.4 Å². The van der Waals surface area contributed by atoms with Crippen LogP contribution in [-0.2, 0) is 11.3 Å². The van der Waals surface area contributed by atoms with Gasteiger partial charge in [0.2, 0.25) is 5.91 Å². The summed E-state index contributed by atoms with van der Waals surface area (Å²) in [6, 6.07) is 8.78. The zero-order chi connectivity index (χ0) is 15.9. The fourth-order valence-electron chi connectivity index (χ4n) is 3.05. The van der Waals surface area contributed by atoms with Crippen molar-refractivity contribution in [1.29, 1.82) is 0 Å². The number of hydrogen-bond donors (Lipinski definition) is 1. The molecule has 4 nitrogen and oxygen atoms in total. The van der Waals surface area contributed by atoms with Gasteiger partial charge >= 0.3 is 0 Å². The van der Waals surface area contributed by atoms with Gasteiger partial charge in [0, 0.05) is 26.2 Å². The van der Waals surface area contributed by atoms with E-state index in [1.165, 1.54) is 11.1 Å². The van der Waals surface area contributed by atoms with Crippen LogP contribution >= 0.6 is 12.4 Å². The fourth-order valence-corrected chi connectivity index (χ4v) is 3.05. The van der Waals surface area contributed by atoms with Gasteiger partial charge in [-0.2, -0.15) is 0 Å². The summed E-state index contributed by atoms with van der Waals surface area (Å²) in [6.45, 7) is 8.57. The van der Waals surface area contributed by atoms with Crippen LogP contribution in [0.15, 0.2) is 24.3 Å². The van der Waals surface area contributed by atoms with Crippen LogP contribution in [0.2, 0.25) is 0 Å². The molecule has 1 saturated heterocycles. The van der Waals surface area contributed by atoms with Crippen molar-refractivity contribution in [3.63, 3.8) is 0 Å². The van der Waals surface area contributed by atoms with E-state index in [2.05, 4.69) is 36.2 Å². The Labute approximate surface area is 146 Å². The molecule has 1 fully saturated rings. The van der Waals surface area contributed by atoms with Crippen LogP contribution in [0.5, 0.6) is 0 Å². The topological polar surface area (TPSA) is 35.6 Å². The summed E-state index contributed by atoms with van der Waals surface area (Å²) >= 11 is 0. The number of hydrogen-bond acceptors (Lipinski definition) is 3. The average Bonchev–Trinajstić information content (AvgIpc) is 3.03. The Kier molecular flexibility index (Phi) is 8.59. The summed E-state index contributed by atoms with van der Waals surface area (Å²) in [6.07, 6.45) is 2.24. The van der Waals surface area contributed by atoms with Gasteiger partial charge in [-0.1, -0.05) is 31.2 Å². The monoisotopic (exact) mass is 339 g/mol. The number of rotatable bonds is 7. The van der Waals surface area contributed by atoms with E-state index in [1.54, 1.807) is 0 Å². The predicted octanol–water partition coefficient (Wildman–Crippen LogP) is 2.45. The molecule has 130 valence electrons. The largest absolute Gasteiger partial charge is 0.340 e. The molecule has 5 heteroatoms. The molecule has 1 aromatic carbocycles. The highest BCUT2D eigenvalue weighted by molar-refractivity contribution is 5.85. The first-order chi connectivity index (χ1) is 10.6. The molecule has 0 aromatic heterocycles. The Balaban J connectivity index is 0.00000264. The van der Waals surface area contributed by atoms with Gasteiger partial charge in [-0.25, -0.2) is 0 Å². The molecule has 0 spiro atoms. The van der Waals surface area contributed by atoms with E-state index in [4.69, 9.17) is 0 Å². The number of benzene rings is 1. The van der Waals surface area contributed by atoms with Crippen LogP contribution < -0.4 is 5.32 Å². The molecule has 0 bridgehead atoms. The van der Waals surface area contributed by atoms with Crippen molar-refractivity contribution in [3.8, 4) is 0 Å². The SMILES string of the molecule is CCCN(CC(=O)N(C)Cc1ccccc1C)C1CCNC1.Cl. The lowest BCUT2D eigenvalue weighted by Crippen LogP contribution is -2.44. The van der Waals surface area contributed by atoms with E-state index < -0.39 is 0 Å². The number of carbonyl (C=O) groups excluding carboxylic acids is 1. The molecular formula is C18H30ClN3O. The molecule has 0 aliphatic carbocycles. The van der Waals surface area contributed by atoms with Gasteiger partial charge < -0.3 is 10.2 Å². The summed E-state index contributed by atoms with van der Waals surface area (Å²) in [5.41, 5.74) is 2.47. The predicted molar refractivity (Wildman–Crippen MR) is 98.0 cm³/mol.